The Labute approximate surface area is 184 Å². The van der Waals surface area contributed by atoms with Crippen molar-refractivity contribution in [2.45, 2.75) is 12.8 Å². The van der Waals surface area contributed by atoms with Crippen molar-refractivity contribution in [1.29, 1.82) is 0 Å². The number of anilines is 2. The van der Waals surface area contributed by atoms with Crippen LogP contribution in [0.25, 0.3) is 0 Å². The molecule has 0 saturated carbocycles. The Morgan fingerprint density at radius 3 is 2.61 bits per heavy atom. The van der Waals surface area contributed by atoms with Gasteiger partial charge in [-0.2, -0.15) is 0 Å². The molecule has 0 radical (unpaired) electrons. The first kappa shape index (κ1) is 21.5. The van der Waals surface area contributed by atoms with Crippen LogP contribution in [-0.2, 0) is 21.2 Å². The van der Waals surface area contributed by atoms with Crippen LogP contribution in [0.3, 0.4) is 0 Å². The van der Waals surface area contributed by atoms with Crippen LogP contribution in [0.15, 0.2) is 23.6 Å². The Hall–Kier alpha value is -2.70. The van der Waals surface area contributed by atoms with E-state index in [9.17, 15) is 18.0 Å². The number of hydrazine groups is 1. The number of sulfonamides is 1. The lowest BCUT2D eigenvalue weighted by atomic mass is 10.0. The van der Waals surface area contributed by atoms with Crippen molar-refractivity contribution in [2.75, 3.05) is 48.3 Å². The van der Waals surface area contributed by atoms with Gasteiger partial charge < -0.3 is 9.64 Å². The first-order chi connectivity index (χ1) is 14.8. The lowest BCUT2D eigenvalue weighted by Gasteiger charge is -2.29. The smallest absolute Gasteiger partial charge is 0.289 e. The van der Waals surface area contributed by atoms with Crippen LogP contribution in [0.2, 0.25) is 0 Å². The van der Waals surface area contributed by atoms with Crippen molar-refractivity contribution in [2.24, 2.45) is 0 Å². The molecule has 2 aliphatic rings. The summed E-state index contributed by atoms with van der Waals surface area (Å²) < 4.78 is 30.6. The summed E-state index contributed by atoms with van der Waals surface area (Å²) in [6.45, 7) is 3.12. The van der Waals surface area contributed by atoms with Crippen LogP contribution >= 0.6 is 11.3 Å². The van der Waals surface area contributed by atoms with Crippen LogP contribution in [-0.4, -0.2) is 64.3 Å². The molecule has 12 heteroatoms. The molecule has 10 nitrogen and oxygen atoms in total. The average molecular weight is 466 g/mol. The summed E-state index contributed by atoms with van der Waals surface area (Å²) in [7, 11) is -3.37. The molecule has 1 fully saturated rings. The van der Waals surface area contributed by atoms with E-state index in [-0.39, 0.29) is 5.69 Å². The molecule has 3 heterocycles. The summed E-state index contributed by atoms with van der Waals surface area (Å²) in [5.41, 5.74) is 6.71. The number of benzene rings is 1. The van der Waals surface area contributed by atoms with Gasteiger partial charge in [0.15, 0.2) is 5.13 Å². The summed E-state index contributed by atoms with van der Waals surface area (Å²) in [5.74, 6) is -0.999. The van der Waals surface area contributed by atoms with E-state index < -0.39 is 21.8 Å². The maximum Gasteiger partial charge on any atom is 0.289 e. The minimum absolute atomic E-state index is 0.223. The van der Waals surface area contributed by atoms with E-state index in [0.717, 1.165) is 23.8 Å². The molecular formula is C19H23N5O5S2. The molecule has 2 aromatic rings. The second kappa shape index (κ2) is 8.81. The van der Waals surface area contributed by atoms with Crippen molar-refractivity contribution >= 4 is 44.0 Å². The van der Waals surface area contributed by atoms with Gasteiger partial charge in [-0.3, -0.25) is 24.7 Å². The van der Waals surface area contributed by atoms with Gasteiger partial charge in [-0.1, -0.05) is 0 Å². The number of aryl methyl sites for hydroxylation is 1. The van der Waals surface area contributed by atoms with Gasteiger partial charge in [0.05, 0.1) is 25.2 Å². The minimum atomic E-state index is -3.37. The molecule has 1 aromatic heterocycles. The van der Waals surface area contributed by atoms with Gasteiger partial charge in [-0.15, -0.1) is 11.3 Å². The zero-order valence-corrected chi connectivity index (χ0v) is 18.6. The lowest BCUT2D eigenvalue weighted by Crippen LogP contribution is -2.42. The van der Waals surface area contributed by atoms with Crippen LogP contribution in [0.1, 0.15) is 32.8 Å². The highest BCUT2D eigenvalue weighted by molar-refractivity contribution is 7.92. The molecule has 31 heavy (non-hydrogen) atoms. The van der Waals surface area contributed by atoms with Crippen LogP contribution < -0.4 is 20.1 Å². The summed E-state index contributed by atoms with van der Waals surface area (Å²) in [6.07, 6.45) is 2.52. The normalized spacial score (nSPS) is 16.5. The highest BCUT2D eigenvalue weighted by atomic mass is 32.2. The van der Waals surface area contributed by atoms with Crippen molar-refractivity contribution < 1.29 is 22.7 Å². The molecule has 0 unspecified atom stereocenters. The number of aromatic nitrogens is 1. The summed E-state index contributed by atoms with van der Waals surface area (Å²) >= 11 is 1.36. The van der Waals surface area contributed by atoms with Crippen molar-refractivity contribution in [1.82, 2.24) is 15.8 Å². The number of hydrogen-bond donors (Lipinski definition) is 2. The molecule has 1 saturated heterocycles. The van der Waals surface area contributed by atoms with Gasteiger partial charge in [0.25, 0.3) is 11.8 Å². The van der Waals surface area contributed by atoms with E-state index in [2.05, 4.69) is 20.7 Å². The third-order valence-corrected chi connectivity index (χ3v) is 7.20. The number of nitrogens with zero attached hydrogens (tertiary/aromatic N) is 3. The zero-order chi connectivity index (χ0) is 22.0. The number of hydrogen-bond acceptors (Lipinski definition) is 8. The zero-order valence-electron chi connectivity index (χ0n) is 17.0. The maximum atomic E-state index is 12.5. The molecule has 2 aliphatic heterocycles. The van der Waals surface area contributed by atoms with E-state index in [4.69, 9.17) is 4.74 Å². The SMILES string of the molecule is CS(=O)(=O)N1CCCc2cc(C(=O)NNC(=O)c3csc(N4CCOCC4)n3)ccc21. The van der Waals surface area contributed by atoms with Gasteiger partial charge in [-0.25, -0.2) is 13.4 Å². The highest BCUT2D eigenvalue weighted by Gasteiger charge is 2.25. The second-order valence-electron chi connectivity index (χ2n) is 7.31. The minimum Gasteiger partial charge on any atom is -0.378 e. The molecule has 2 N–H and O–H groups in total. The number of morpholine rings is 1. The Bertz CT molecular complexity index is 1090. The summed E-state index contributed by atoms with van der Waals surface area (Å²) in [5, 5.41) is 2.38. The fourth-order valence-corrected chi connectivity index (χ4v) is 5.42. The molecule has 1 aromatic carbocycles. The number of fused-ring (bicyclic) bond motifs is 1. The molecule has 4 rings (SSSR count). The van der Waals surface area contributed by atoms with Gasteiger partial charge in [-0.05, 0) is 36.6 Å². The average Bonchev–Trinajstić information content (AvgIpc) is 3.27. The number of ether oxygens (including phenoxy) is 1. The van der Waals surface area contributed by atoms with Crippen molar-refractivity contribution in [3.05, 3.63) is 40.4 Å². The van der Waals surface area contributed by atoms with Crippen LogP contribution in [0, 0.1) is 0 Å². The number of carbonyl (C=O) groups excluding carboxylic acids is 2. The second-order valence-corrected chi connectivity index (χ2v) is 10.0. The molecule has 0 aliphatic carbocycles. The maximum absolute atomic E-state index is 12.5. The van der Waals surface area contributed by atoms with E-state index in [0.29, 0.717) is 43.9 Å². The van der Waals surface area contributed by atoms with E-state index in [1.165, 1.54) is 21.9 Å². The Balaban J connectivity index is 1.39. The predicted molar refractivity (Wildman–Crippen MR) is 117 cm³/mol. The number of rotatable bonds is 4. The Morgan fingerprint density at radius 2 is 1.87 bits per heavy atom. The first-order valence-electron chi connectivity index (χ1n) is 9.82. The first-order valence-corrected chi connectivity index (χ1v) is 12.6. The number of carbonyl (C=O) groups is 2. The Morgan fingerprint density at radius 1 is 1.13 bits per heavy atom. The quantitative estimate of drug-likeness (QED) is 0.640. The molecule has 0 spiro atoms. The van der Waals surface area contributed by atoms with Gasteiger partial charge in [0.2, 0.25) is 10.0 Å². The van der Waals surface area contributed by atoms with Gasteiger partial charge >= 0.3 is 0 Å². The lowest BCUT2D eigenvalue weighted by molar-refractivity contribution is 0.0844. The highest BCUT2D eigenvalue weighted by Crippen LogP contribution is 2.29. The van der Waals surface area contributed by atoms with Gasteiger partial charge in [0, 0.05) is 30.6 Å². The number of thiazole rings is 1. The van der Waals surface area contributed by atoms with E-state index in [1.807, 2.05) is 0 Å². The molecular weight excluding hydrogens is 442 g/mol. The molecule has 166 valence electrons. The van der Waals surface area contributed by atoms with Crippen molar-refractivity contribution in [3.63, 3.8) is 0 Å². The van der Waals surface area contributed by atoms with Crippen LogP contribution in [0.5, 0.6) is 0 Å². The standard InChI is InChI=1S/C19H23N5O5S2/c1-31(27,28)24-6-2-3-13-11-14(4-5-16(13)24)17(25)21-22-18(26)15-12-30-19(20-15)23-7-9-29-10-8-23/h4-5,11-12H,2-3,6-10H2,1H3,(H,21,25)(H,22,26). The third-order valence-electron chi connectivity index (χ3n) is 5.11. The fraction of sp³-hybridized carbons (Fsp3) is 0.421. The topological polar surface area (TPSA) is 121 Å². The summed E-state index contributed by atoms with van der Waals surface area (Å²) in [6, 6.07) is 4.83. The Kier molecular flexibility index (Phi) is 6.12. The fourth-order valence-electron chi connectivity index (χ4n) is 3.57. The third kappa shape index (κ3) is 4.81. The van der Waals surface area contributed by atoms with Gasteiger partial charge in [0.1, 0.15) is 5.69 Å². The number of amides is 2. The predicted octanol–water partition coefficient (Wildman–Crippen LogP) is 0.767. The molecule has 0 atom stereocenters. The molecule has 2 amide bonds. The monoisotopic (exact) mass is 465 g/mol. The van der Waals surface area contributed by atoms with Crippen LogP contribution in [0.4, 0.5) is 10.8 Å². The largest absolute Gasteiger partial charge is 0.378 e. The number of nitrogens with one attached hydrogen (secondary N) is 2. The van der Waals surface area contributed by atoms with Crippen molar-refractivity contribution in [3.8, 4) is 0 Å². The molecule has 0 bridgehead atoms. The van der Waals surface area contributed by atoms with E-state index in [1.54, 1.807) is 23.6 Å². The van der Waals surface area contributed by atoms with E-state index >= 15 is 0 Å². The summed E-state index contributed by atoms with van der Waals surface area (Å²) in [4.78, 5) is 31.3.